The smallest absolute Gasteiger partial charge is 0.338 e. The molecule has 1 saturated heterocycles. The van der Waals surface area contributed by atoms with Gasteiger partial charge in [-0.3, -0.25) is 9.69 Å². The first kappa shape index (κ1) is 26.0. The minimum atomic E-state index is -0.382. The fourth-order valence-electron chi connectivity index (χ4n) is 3.27. The van der Waals surface area contributed by atoms with Gasteiger partial charge in [0.05, 0.1) is 27.8 Å². The lowest BCUT2D eigenvalue weighted by molar-refractivity contribution is -0.121. The second-order valence-corrected chi connectivity index (χ2v) is 10.1. The van der Waals surface area contributed by atoms with Gasteiger partial charge in [-0.2, -0.15) is 0 Å². The summed E-state index contributed by atoms with van der Waals surface area (Å²) in [5, 5.41) is 0.997. The Kier molecular flexibility index (Phi) is 8.51. The number of amides is 1. The van der Waals surface area contributed by atoms with Crippen LogP contribution in [-0.2, 0) is 16.1 Å². The molecule has 4 rings (SSSR count). The zero-order valence-corrected chi connectivity index (χ0v) is 22.7. The number of hydrogen-bond acceptors (Lipinski definition) is 6. The maximum absolute atomic E-state index is 12.8. The molecule has 184 valence electrons. The normalized spacial score (nSPS) is 15.6. The average Bonchev–Trinajstić information content (AvgIpc) is 3.12. The van der Waals surface area contributed by atoms with Crippen molar-refractivity contribution in [1.29, 1.82) is 0 Å². The molecule has 9 heteroatoms. The van der Waals surface area contributed by atoms with Crippen molar-refractivity contribution in [3.05, 3.63) is 97.8 Å². The van der Waals surface area contributed by atoms with Crippen LogP contribution in [0.3, 0.4) is 0 Å². The molecule has 1 amide bonds. The number of rotatable bonds is 7. The van der Waals surface area contributed by atoms with Crippen LogP contribution in [0.2, 0.25) is 5.02 Å². The molecule has 0 aliphatic carbocycles. The molecule has 0 saturated carbocycles. The summed E-state index contributed by atoms with van der Waals surface area (Å²) >= 11 is 11.1. The number of esters is 1. The van der Waals surface area contributed by atoms with Gasteiger partial charge in [0, 0.05) is 11.5 Å². The summed E-state index contributed by atoms with van der Waals surface area (Å²) in [6.45, 7) is 2.47. The summed E-state index contributed by atoms with van der Waals surface area (Å²) in [5.74, 6) is 0.0270. The molecule has 6 nitrogen and oxygen atoms in total. The van der Waals surface area contributed by atoms with Crippen LogP contribution in [0.15, 0.2) is 81.1 Å². The molecule has 0 spiro atoms. The van der Waals surface area contributed by atoms with E-state index in [1.165, 1.54) is 16.7 Å². The van der Waals surface area contributed by atoms with Crippen LogP contribution in [0.5, 0.6) is 5.75 Å². The number of carbonyl (C=O) groups is 2. The zero-order valence-electron chi connectivity index (χ0n) is 19.5. The second kappa shape index (κ2) is 11.8. The molecule has 36 heavy (non-hydrogen) atoms. The first-order chi connectivity index (χ1) is 17.3. The van der Waals surface area contributed by atoms with Crippen LogP contribution in [0.25, 0.3) is 6.08 Å². The molecular formula is C27H22BrClN2O4S. The molecule has 0 aromatic heterocycles. The van der Waals surface area contributed by atoms with Gasteiger partial charge in [0.25, 0.3) is 5.91 Å². The first-order valence-corrected chi connectivity index (χ1v) is 13.0. The van der Waals surface area contributed by atoms with Crippen molar-refractivity contribution in [1.82, 2.24) is 4.90 Å². The highest BCUT2D eigenvalue weighted by atomic mass is 79.9. The van der Waals surface area contributed by atoms with E-state index in [1.807, 2.05) is 30.3 Å². The quantitative estimate of drug-likeness (QED) is 0.219. The van der Waals surface area contributed by atoms with Crippen LogP contribution in [0.1, 0.15) is 28.4 Å². The predicted octanol–water partition coefficient (Wildman–Crippen LogP) is 7.09. The van der Waals surface area contributed by atoms with E-state index in [-0.39, 0.29) is 11.9 Å². The van der Waals surface area contributed by atoms with Crippen molar-refractivity contribution in [2.45, 2.75) is 13.5 Å². The van der Waals surface area contributed by atoms with E-state index < -0.39 is 0 Å². The highest BCUT2D eigenvalue weighted by Gasteiger charge is 2.30. The maximum Gasteiger partial charge on any atom is 0.338 e. The lowest BCUT2D eigenvalue weighted by Gasteiger charge is -2.09. The number of ether oxygens (including phenoxy) is 2. The fraction of sp³-hybridized carbons (Fsp3) is 0.148. The minimum Gasteiger partial charge on any atom is -0.487 e. The number of amidine groups is 1. The number of aliphatic imine (C=N–C) groups is 1. The van der Waals surface area contributed by atoms with Crippen LogP contribution < -0.4 is 4.74 Å². The van der Waals surface area contributed by atoms with Gasteiger partial charge in [0.15, 0.2) is 5.17 Å². The van der Waals surface area contributed by atoms with Gasteiger partial charge in [0.2, 0.25) is 0 Å². The molecule has 0 bridgehead atoms. The van der Waals surface area contributed by atoms with E-state index in [0.717, 1.165) is 15.6 Å². The molecule has 0 unspecified atom stereocenters. The summed E-state index contributed by atoms with van der Waals surface area (Å²) in [7, 11) is 1.67. The number of nitrogens with zero attached hydrogens (tertiary/aromatic N) is 2. The third-order valence-corrected chi connectivity index (χ3v) is 7.05. The van der Waals surface area contributed by atoms with Gasteiger partial charge in [0.1, 0.15) is 12.4 Å². The third-order valence-electron chi connectivity index (χ3n) is 5.17. The highest BCUT2D eigenvalue weighted by molar-refractivity contribution is 9.10. The summed E-state index contributed by atoms with van der Waals surface area (Å²) < 4.78 is 11.9. The number of likely N-dealkylation sites (N-methyl/N-ethyl adjacent to an activating group) is 1. The van der Waals surface area contributed by atoms with Crippen LogP contribution in [-0.4, -0.2) is 35.6 Å². The van der Waals surface area contributed by atoms with Crippen molar-refractivity contribution in [3.63, 3.8) is 0 Å². The largest absolute Gasteiger partial charge is 0.487 e. The topological polar surface area (TPSA) is 68.2 Å². The van der Waals surface area contributed by atoms with Gasteiger partial charge in [-0.1, -0.05) is 45.7 Å². The predicted molar refractivity (Wildman–Crippen MR) is 148 cm³/mol. The summed E-state index contributed by atoms with van der Waals surface area (Å²) in [6.07, 6.45) is 1.78. The Morgan fingerprint density at radius 3 is 2.50 bits per heavy atom. The average molecular weight is 586 g/mol. The van der Waals surface area contributed by atoms with Crippen molar-refractivity contribution < 1.29 is 19.1 Å². The Balaban J connectivity index is 1.45. The summed E-state index contributed by atoms with van der Waals surface area (Å²) in [6, 6.07) is 20.0. The molecule has 0 atom stereocenters. The van der Waals surface area contributed by atoms with Crippen molar-refractivity contribution >= 4 is 68.1 Å². The molecule has 3 aromatic carbocycles. The maximum atomic E-state index is 12.8. The number of hydrogen-bond donors (Lipinski definition) is 0. The standard InChI is InChI=1S/C27H22BrClN2O4S/c1-3-34-26(33)19-7-11-21(12-8-19)30-27-31(2)25(32)24(36-27)15-18-6-13-23(22(29)14-18)35-16-17-4-9-20(28)10-5-17/h4-15H,3,16H2,1-2H3/b24-15-,30-27?. The molecule has 1 aliphatic heterocycles. The Labute approximate surface area is 227 Å². The fourth-order valence-corrected chi connectivity index (χ4v) is 4.76. The van der Waals surface area contributed by atoms with E-state index in [4.69, 9.17) is 21.1 Å². The van der Waals surface area contributed by atoms with Gasteiger partial charge >= 0.3 is 5.97 Å². The van der Waals surface area contributed by atoms with E-state index in [2.05, 4.69) is 20.9 Å². The van der Waals surface area contributed by atoms with E-state index >= 15 is 0 Å². The lowest BCUT2D eigenvalue weighted by Crippen LogP contribution is -2.23. The van der Waals surface area contributed by atoms with Gasteiger partial charge in [-0.05, 0) is 84.4 Å². The Morgan fingerprint density at radius 1 is 1.11 bits per heavy atom. The van der Waals surface area contributed by atoms with Gasteiger partial charge in [-0.15, -0.1) is 0 Å². The van der Waals surface area contributed by atoms with Gasteiger partial charge < -0.3 is 9.47 Å². The molecule has 0 N–H and O–H groups in total. The van der Waals surface area contributed by atoms with Crippen LogP contribution >= 0.6 is 39.3 Å². The van der Waals surface area contributed by atoms with Crippen molar-refractivity contribution in [2.24, 2.45) is 4.99 Å². The van der Waals surface area contributed by atoms with E-state index in [0.29, 0.717) is 45.3 Å². The molecule has 1 heterocycles. The minimum absolute atomic E-state index is 0.159. The zero-order chi connectivity index (χ0) is 25.7. The van der Waals surface area contributed by atoms with Crippen molar-refractivity contribution in [2.75, 3.05) is 13.7 Å². The van der Waals surface area contributed by atoms with E-state index in [1.54, 1.807) is 56.4 Å². The molecular weight excluding hydrogens is 564 g/mol. The molecule has 3 aromatic rings. The van der Waals surface area contributed by atoms with Crippen LogP contribution in [0.4, 0.5) is 5.69 Å². The van der Waals surface area contributed by atoms with Crippen molar-refractivity contribution in [3.8, 4) is 5.75 Å². The number of carbonyl (C=O) groups excluding carboxylic acids is 2. The highest BCUT2D eigenvalue weighted by Crippen LogP contribution is 2.34. The molecule has 1 fully saturated rings. The Bertz CT molecular complexity index is 1340. The van der Waals surface area contributed by atoms with Gasteiger partial charge in [-0.25, -0.2) is 9.79 Å². The number of benzene rings is 3. The Hall–Kier alpha value is -3.07. The lowest BCUT2D eigenvalue weighted by atomic mass is 10.2. The number of thioether (sulfide) groups is 1. The van der Waals surface area contributed by atoms with E-state index in [9.17, 15) is 9.59 Å². The van der Waals surface area contributed by atoms with Crippen LogP contribution in [0, 0.1) is 0 Å². The number of halogens is 2. The third kappa shape index (κ3) is 6.37. The molecule has 0 radical (unpaired) electrons. The Morgan fingerprint density at radius 2 is 1.83 bits per heavy atom. The summed E-state index contributed by atoms with van der Waals surface area (Å²) in [4.78, 5) is 31.2. The molecule has 1 aliphatic rings. The second-order valence-electron chi connectivity index (χ2n) is 7.74. The SMILES string of the molecule is CCOC(=O)c1ccc(N=C2S/C(=C\c3ccc(OCc4ccc(Br)cc4)c(Cl)c3)C(=O)N2C)cc1. The monoisotopic (exact) mass is 584 g/mol. The first-order valence-electron chi connectivity index (χ1n) is 11.0. The summed E-state index contributed by atoms with van der Waals surface area (Å²) in [5.41, 5.74) is 2.88.